The molecule has 2 amide bonds. The zero-order valence-electron chi connectivity index (χ0n) is 14.3. The van der Waals surface area contributed by atoms with E-state index in [2.05, 4.69) is 12.2 Å². The predicted octanol–water partition coefficient (Wildman–Crippen LogP) is 3.91. The average molecular weight is 341 g/mol. The van der Waals surface area contributed by atoms with Crippen LogP contribution in [0.4, 0.5) is 5.69 Å². The number of carbonyl (C=O) groups is 2. The molecule has 3 heteroatoms. The van der Waals surface area contributed by atoms with Gasteiger partial charge in [0.1, 0.15) is 0 Å². The Morgan fingerprint density at radius 1 is 0.731 bits per heavy atom. The van der Waals surface area contributed by atoms with Crippen LogP contribution in [0.25, 0.3) is 11.1 Å². The van der Waals surface area contributed by atoms with Crippen molar-refractivity contribution in [2.24, 2.45) is 35.5 Å². The number of rotatable bonds is 2. The van der Waals surface area contributed by atoms with Gasteiger partial charge in [0, 0.05) is 5.56 Å². The van der Waals surface area contributed by atoms with E-state index in [1.165, 1.54) is 11.3 Å². The van der Waals surface area contributed by atoms with Gasteiger partial charge in [-0.1, -0.05) is 60.7 Å². The highest BCUT2D eigenvalue weighted by molar-refractivity contribution is 6.24. The number of hydrogen-bond acceptors (Lipinski definition) is 2. The summed E-state index contributed by atoms with van der Waals surface area (Å²) in [7, 11) is 0. The van der Waals surface area contributed by atoms with E-state index in [9.17, 15) is 9.59 Å². The molecule has 3 fully saturated rings. The highest BCUT2D eigenvalue weighted by Gasteiger charge is 2.67. The van der Waals surface area contributed by atoms with Crippen LogP contribution in [-0.4, -0.2) is 11.8 Å². The van der Waals surface area contributed by atoms with Crippen LogP contribution in [0.15, 0.2) is 66.7 Å². The summed E-state index contributed by atoms with van der Waals surface area (Å²) < 4.78 is 0. The molecule has 2 bridgehead atoms. The number of imide groups is 1. The molecule has 0 N–H and O–H groups in total. The molecule has 128 valence electrons. The third-order valence-electron chi connectivity index (χ3n) is 6.89. The number of para-hydroxylation sites is 1. The van der Waals surface area contributed by atoms with Gasteiger partial charge in [0.2, 0.25) is 11.8 Å². The zero-order chi connectivity index (χ0) is 17.4. The molecular weight excluding hydrogens is 322 g/mol. The minimum absolute atomic E-state index is 0.00748. The van der Waals surface area contributed by atoms with Crippen LogP contribution >= 0.6 is 0 Å². The molecule has 6 atom stereocenters. The summed E-state index contributed by atoms with van der Waals surface area (Å²) in [4.78, 5) is 28.2. The van der Waals surface area contributed by atoms with Gasteiger partial charge in [0.15, 0.2) is 0 Å². The second kappa shape index (κ2) is 4.94. The Hall–Kier alpha value is -2.68. The summed E-state index contributed by atoms with van der Waals surface area (Å²) in [6, 6.07) is 17.8. The van der Waals surface area contributed by atoms with Crippen molar-refractivity contribution in [3.63, 3.8) is 0 Å². The van der Waals surface area contributed by atoms with Crippen LogP contribution < -0.4 is 4.90 Å². The highest BCUT2D eigenvalue weighted by atomic mass is 16.2. The van der Waals surface area contributed by atoms with Crippen LogP contribution in [-0.2, 0) is 9.59 Å². The summed E-state index contributed by atoms with van der Waals surface area (Å²) in [6.45, 7) is 0. The molecule has 0 spiro atoms. The van der Waals surface area contributed by atoms with Crippen molar-refractivity contribution in [1.29, 1.82) is 0 Å². The lowest BCUT2D eigenvalue weighted by molar-refractivity contribution is -0.124. The van der Waals surface area contributed by atoms with Crippen molar-refractivity contribution in [2.45, 2.75) is 6.42 Å². The lowest BCUT2D eigenvalue weighted by atomic mass is 9.63. The Balaban J connectivity index is 1.47. The van der Waals surface area contributed by atoms with E-state index in [-0.39, 0.29) is 35.5 Å². The largest absolute Gasteiger partial charge is 0.274 e. The molecule has 4 aliphatic carbocycles. The monoisotopic (exact) mass is 341 g/mol. The van der Waals surface area contributed by atoms with Crippen LogP contribution in [0, 0.1) is 35.5 Å². The molecule has 0 aromatic heterocycles. The van der Waals surface area contributed by atoms with Gasteiger partial charge in [-0.25, -0.2) is 4.90 Å². The van der Waals surface area contributed by atoms with Gasteiger partial charge in [-0.15, -0.1) is 0 Å². The van der Waals surface area contributed by atoms with Gasteiger partial charge < -0.3 is 0 Å². The van der Waals surface area contributed by atoms with Gasteiger partial charge in [-0.05, 0) is 41.7 Å². The summed E-state index contributed by atoms with van der Waals surface area (Å²) in [5.41, 5.74) is 2.71. The van der Waals surface area contributed by atoms with E-state index < -0.39 is 0 Å². The van der Waals surface area contributed by atoms with Crippen molar-refractivity contribution < 1.29 is 9.59 Å². The Kier molecular flexibility index (Phi) is 2.75. The Labute approximate surface area is 152 Å². The Morgan fingerprint density at radius 3 is 1.96 bits per heavy atom. The topological polar surface area (TPSA) is 37.4 Å². The minimum Gasteiger partial charge on any atom is -0.274 e. The van der Waals surface area contributed by atoms with Gasteiger partial charge in [0.25, 0.3) is 0 Å². The smallest absolute Gasteiger partial charge is 0.238 e. The van der Waals surface area contributed by atoms with Gasteiger partial charge in [-0.3, -0.25) is 9.59 Å². The molecule has 2 saturated carbocycles. The maximum absolute atomic E-state index is 13.4. The number of hydrogen-bond donors (Lipinski definition) is 0. The first-order valence-electron chi connectivity index (χ1n) is 9.46. The number of carbonyl (C=O) groups excluding carboxylic acids is 2. The van der Waals surface area contributed by atoms with Crippen LogP contribution in [0.1, 0.15) is 6.42 Å². The molecule has 1 saturated heterocycles. The first-order valence-corrected chi connectivity index (χ1v) is 9.46. The summed E-state index contributed by atoms with van der Waals surface area (Å²) in [5, 5.41) is 0. The third kappa shape index (κ3) is 1.73. The molecule has 1 heterocycles. The SMILES string of the molecule is O=C1[C@H]2[C@@H]3C=C[C@H]([C@@H]4C[C@H]34)[C@@H]2C(=O)N1c1ccccc1-c1ccccc1. The lowest BCUT2D eigenvalue weighted by Gasteiger charge is -2.37. The molecule has 2 aromatic carbocycles. The maximum atomic E-state index is 13.4. The van der Waals surface area contributed by atoms with Crippen molar-refractivity contribution in [3.05, 3.63) is 66.7 Å². The number of allylic oxidation sites excluding steroid dienone is 2. The van der Waals surface area contributed by atoms with Crippen molar-refractivity contribution >= 4 is 17.5 Å². The molecule has 0 unspecified atom stereocenters. The fraction of sp³-hybridized carbons (Fsp3) is 0.304. The summed E-state index contributed by atoms with van der Waals surface area (Å²) in [5.74, 6) is 1.51. The summed E-state index contributed by atoms with van der Waals surface area (Å²) >= 11 is 0. The standard InChI is InChI=1S/C23H19NO2/c25-22-20-15-10-11-16(18-12-17(15)18)21(20)23(26)24(22)19-9-5-4-8-14(19)13-6-2-1-3-7-13/h1-11,15-18,20-21H,12H2/t15-,16-,17-,18+,20+,21+/m1/s1. The number of benzene rings is 2. The number of anilines is 1. The van der Waals surface area contributed by atoms with E-state index in [1.54, 1.807) is 0 Å². The summed E-state index contributed by atoms with van der Waals surface area (Å²) in [6.07, 6.45) is 5.63. The second-order valence-corrected chi connectivity index (χ2v) is 8.05. The van der Waals surface area contributed by atoms with E-state index in [1.807, 2.05) is 54.6 Å². The van der Waals surface area contributed by atoms with E-state index in [0.29, 0.717) is 11.8 Å². The van der Waals surface area contributed by atoms with Crippen molar-refractivity contribution in [2.75, 3.05) is 4.90 Å². The molecular formula is C23H19NO2. The first-order chi connectivity index (χ1) is 12.8. The third-order valence-corrected chi connectivity index (χ3v) is 6.89. The maximum Gasteiger partial charge on any atom is 0.238 e. The lowest BCUT2D eigenvalue weighted by Crippen LogP contribution is -2.40. The van der Waals surface area contributed by atoms with Crippen LogP contribution in [0.2, 0.25) is 0 Å². The second-order valence-electron chi connectivity index (χ2n) is 8.05. The number of amides is 2. The van der Waals surface area contributed by atoms with E-state index in [0.717, 1.165) is 16.8 Å². The predicted molar refractivity (Wildman–Crippen MR) is 99.1 cm³/mol. The van der Waals surface area contributed by atoms with Gasteiger partial charge in [0.05, 0.1) is 17.5 Å². The average Bonchev–Trinajstić information content (AvgIpc) is 3.47. The zero-order valence-corrected chi connectivity index (χ0v) is 14.3. The molecule has 1 aliphatic heterocycles. The van der Waals surface area contributed by atoms with E-state index >= 15 is 0 Å². The van der Waals surface area contributed by atoms with Gasteiger partial charge in [-0.2, -0.15) is 0 Å². The number of nitrogens with zero attached hydrogens (tertiary/aromatic N) is 1. The molecule has 3 nitrogen and oxygen atoms in total. The molecule has 5 aliphatic rings. The first kappa shape index (κ1) is 14.5. The van der Waals surface area contributed by atoms with Crippen LogP contribution in [0.3, 0.4) is 0 Å². The quantitative estimate of drug-likeness (QED) is 0.613. The van der Waals surface area contributed by atoms with Gasteiger partial charge >= 0.3 is 0 Å². The fourth-order valence-corrected chi connectivity index (χ4v) is 5.72. The molecule has 0 radical (unpaired) electrons. The minimum atomic E-state index is -0.148. The molecule has 2 aromatic rings. The van der Waals surface area contributed by atoms with Crippen molar-refractivity contribution in [1.82, 2.24) is 0 Å². The Morgan fingerprint density at radius 2 is 1.31 bits per heavy atom. The molecule has 26 heavy (non-hydrogen) atoms. The normalized spacial score (nSPS) is 36.2. The van der Waals surface area contributed by atoms with E-state index in [4.69, 9.17) is 0 Å². The molecule has 7 rings (SSSR count). The highest BCUT2D eigenvalue weighted by Crippen LogP contribution is 2.65. The van der Waals surface area contributed by atoms with Crippen LogP contribution in [0.5, 0.6) is 0 Å². The van der Waals surface area contributed by atoms with Crippen molar-refractivity contribution in [3.8, 4) is 11.1 Å². The fourth-order valence-electron chi connectivity index (χ4n) is 5.72. The Bertz CT molecular complexity index is 927.